The number of carbonyl (C=O) groups excluding carboxylic acids is 2. The van der Waals surface area contributed by atoms with E-state index in [0.29, 0.717) is 29.3 Å². The molecule has 0 unspecified atom stereocenters. The van der Waals surface area contributed by atoms with Crippen LogP contribution in [0.3, 0.4) is 0 Å². The summed E-state index contributed by atoms with van der Waals surface area (Å²) < 4.78 is 10.9. The Hall–Kier alpha value is -4.39. The highest BCUT2D eigenvalue weighted by Crippen LogP contribution is 2.18. The Bertz CT molecular complexity index is 1170. The summed E-state index contributed by atoms with van der Waals surface area (Å²) in [5, 5.41) is 9.43. The minimum absolute atomic E-state index is 0.120. The molecule has 0 saturated heterocycles. The molecule has 0 aliphatic carbocycles. The minimum Gasteiger partial charge on any atom is -0.486 e. The molecule has 2 N–H and O–H groups in total. The first-order valence-corrected chi connectivity index (χ1v) is 10.0. The summed E-state index contributed by atoms with van der Waals surface area (Å²) in [6.45, 7) is 0.528. The van der Waals surface area contributed by atoms with Gasteiger partial charge in [-0.25, -0.2) is 0 Å². The summed E-state index contributed by atoms with van der Waals surface area (Å²) in [5.74, 6) is 0.520. The molecule has 2 amide bonds. The van der Waals surface area contributed by atoms with Crippen molar-refractivity contribution < 1.29 is 18.8 Å². The minimum atomic E-state index is -0.317. The average Bonchev–Trinajstić information content (AvgIpc) is 3.32. The van der Waals surface area contributed by atoms with Crippen LogP contribution in [0.15, 0.2) is 95.5 Å². The van der Waals surface area contributed by atoms with Gasteiger partial charge in [0.15, 0.2) is 11.5 Å². The Morgan fingerprint density at radius 1 is 0.844 bits per heavy atom. The monoisotopic (exact) mass is 427 g/mol. The third-order valence-corrected chi connectivity index (χ3v) is 4.62. The molecule has 1 aromatic heterocycles. The second-order valence-corrected chi connectivity index (χ2v) is 6.98. The zero-order chi connectivity index (χ0) is 22.2. The molecule has 0 aliphatic heterocycles. The predicted molar refractivity (Wildman–Crippen MR) is 119 cm³/mol. The molecular formula is C25H21N3O4. The lowest BCUT2D eigenvalue weighted by Gasteiger charge is -2.07. The number of hydrogen-bond donors (Lipinski definition) is 2. The van der Waals surface area contributed by atoms with Gasteiger partial charge in [-0.05, 0) is 42.0 Å². The van der Waals surface area contributed by atoms with Crippen LogP contribution in [-0.2, 0) is 13.2 Å². The molecule has 1 heterocycles. The number of carbonyl (C=O) groups is 2. The number of nitrogens with zero attached hydrogens (tertiary/aromatic N) is 1. The Morgan fingerprint density at radius 3 is 2.25 bits per heavy atom. The molecular weight excluding hydrogens is 406 g/mol. The first-order chi connectivity index (χ1) is 15.7. The molecule has 7 heteroatoms. The summed E-state index contributed by atoms with van der Waals surface area (Å²) >= 11 is 0. The maximum absolute atomic E-state index is 12.2. The van der Waals surface area contributed by atoms with Crippen LogP contribution in [0.5, 0.6) is 5.75 Å². The number of benzene rings is 3. The van der Waals surface area contributed by atoms with E-state index in [-0.39, 0.29) is 24.1 Å². The predicted octanol–water partition coefficient (Wildman–Crippen LogP) is 4.44. The number of amides is 2. The van der Waals surface area contributed by atoms with Crippen LogP contribution in [0.2, 0.25) is 0 Å². The molecule has 0 spiro atoms. The zero-order valence-corrected chi connectivity index (χ0v) is 17.2. The second kappa shape index (κ2) is 10.1. The number of aromatic nitrogens is 1. The number of rotatable bonds is 8. The highest BCUT2D eigenvalue weighted by atomic mass is 16.5. The second-order valence-electron chi connectivity index (χ2n) is 6.98. The van der Waals surface area contributed by atoms with Gasteiger partial charge in [0.05, 0.1) is 0 Å². The van der Waals surface area contributed by atoms with Gasteiger partial charge in [-0.2, -0.15) is 0 Å². The molecule has 7 nitrogen and oxygen atoms in total. The first kappa shape index (κ1) is 20.9. The van der Waals surface area contributed by atoms with Crippen LogP contribution in [-0.4, -0.2) is 17.0 Å². The number of ether oxygens (including phenoxy) is 1. The Labute approximate surface area is 185 Å². The third kappa shape index (κ3) is 5.60. The molecule has 160 valence electrons. The van der Waals surface area contributed by atoms with Gasteiger partial charge < -0.3 is 19.9 Å². The lowest BCUT2D eigenvalue weighted by Crippen LogP contribution is -2.22. The van der Waals surface area contributed by atoms with E-state index in [1.165, 1.54) is 0 Å². The molecule has 0 atom stereocenters. The van der Waals surface area contributed by atoms with Crippen LogP contribution in [0.25, 0.3) is 0 Å². The van der Waals surface area contributed by atoms with Crippen LogP contribution in [0, 0.1) is 0 Å². The van der Waals surface area contributed by atoms with Gasteiger partial charge in [0.25, 0.3) is 11.8 Å². The van der Waals surface area contributed by atoms with E-state index >= 15 is 0 Å². The summed E-state index contributed by atoms with van der Waals surface area (Å²) in [5.41, 5.74) is 2.43. The first-order valence-electron chi connectivity index (χ1n) is 10.0. The Morgan fingerprint density at radius 2 is 1.53 bits per heavy atom. The van der Waals surface area contributed by atoms with Crippen molar-refractivity contribution in [2.75, 3.05) is 5.32 Å². The molecule has 4 rings (SSSR count). The maximum Gasteiger partial charge on any atom is 0.273 e. The molecule has 3 aromatic carbocycles. The summed E-state index contributed by atoms with van der Waals surface area (Å²) in [6.07, 6.45) is 0. The zero-order valence-electron chi connectivity index (χ0n) is 17.2. The lowest BCUT2D eigenvalue weighted by molar-refractivity contribution is 0.0940. The highest BCUT2D eigenvalue weighted by molar-refractivity contribution is 6.04. The molecule has 0 aliphatic rings. The van der Waals surface area contributed by atoms with E-state index in [1.54, 1.807) is 42.5 Å². The van der Waals surface area contributed by atoms with Crippen molar-refractivity contribution in [1.29, 1.82) is 0 Å². The van der Waals surface area contributed by atoms with Crippen molar-refractivity contribution >= 4 is 17.5 Å². The fourth-order valence-corrected chi connectivity index (χ4v) is 2.94. The van der Waals surface area contributed by atoms with Crippen molar-refractivity contribution in [2.45, 2.75) is 13.2 Å². The normalized spacial score (nSPS) is 10.4. The van der Waals surface area contributed by atoms with E-state index in [2.05, 4.69) is 15.8 Å². The van der Waals surface area contributed by atoms with Gasteiger partial charge in [0, 0.05) is 23.9 Å². The van der Waals surface area contributed by atoms with E-state index < -0.39 is 0 Å². The van der Waals surface area contributed by atoms with Gasteiger partial charge in [-0.1, -0.05) is 53.7 Å². The van der Waals surface area contributed by atoms with E-state index in [0.717, 1.165) is 5.56 Å². The summed E-state index contributed by atoms with van der Waals surface area (Å²) in [6, 6.07) is 27.1. The van der Waals surface area contributed by atoms with Crippen molar-refractivity contribution in [2.24, 2.45) is 0 Å². The molecule has 4 aromatic rings. The number of hydrogen-bond acceptors (Lipinski definition) is 5. The molecule has 0 radical (unpaired) electrons. The van der Waals surface area contributed by atoms with Crippen LogP contribution >= 0.6 is 0 Å². The summed E-state index contributed by atoms with van der Waals surface area (Å²) in [7, 11) is 0. The van der Waals surface area contributed by atoms with Crippen molar-refractivity contribution in [3.8, 4) is 5.75 Å². The van der Waals surface area contributed by atoms with Gasteiger partial charge in [-0.15, -0.1) is 0 Å². The topological polar surface area (TPSA) is 93.5 Å². The fraction of sp³-hybridized carbons (Fsp3) is 0.0800. The smallest absolute Gasteiger partial charge is 0.273 e. The van der Waals surface area contributed by atoms with Crippen LogP contribution < -0.4 is 15.4 Å². The standard InChI is InChI=1S/C25H21N3O4/c29-24(19-9-5-2-6-10-19)27-20-11-13-21(14-12-20)31-17-22-15-23(28-32-22)25(30)26-16-18-7-3-1-4-8-18/h1-15H,16-17H2,(H,26,30)(H,27,29). The SMILES string of the molecule is O=C(Nc1ccc(OCc2cc(C(=O)NCc3ccccc3)no2)cc1)c1ccccc1. The van der Waals surface area contributed by atoms with Crippen LogP contribution in [0.4, 0.5) is 5.69 Å². The van der Waals surface area contributed by atoms with Gasteiger partial charge >= 0.3 is 0 Å². The van der Waals surface area contributed by atoms with Gasteiger partial charge in [0.2, 0.25) is 0 Å². The third-order valence-electron chi connectivity index (χ3n) is 4.62. The Kier molecular flexibility index (Phi) is 6.57. The average molecular weight is 427 g/mol. The van der Waals surface area contributed by atoms with Gasteiger partial charge in [0.1, 0.15) is 12.4 Å². The number of anilines is 1. The fourth-order valence-electron chi connectivity index (χ4n) is 2.94. The Balaban J connectivity index is 1.26. The van der Waals surface area contributed by atoms with Crippen molar-refractivity contribution in [3.05, 3.63) is 114 Å². The number of nitrogens with one attached hydrogen (secondary N) is 2. The van der Waals surface area contributed by atoms with Crippen molar-refractivity contribution in [3.63, 3.8) is 0 Å². The van der Waals surface area contributed by atoms with E-state index in [1.807, 2.05) is 48.5 Å². The van der Waals surface area contributed by atoms with Crippen molar-refractivity contribution in [1.82, 2.24) is 10.5 Å². The molecule has 0 saturated carbocycles. The molecule has 32 heavy (non-hydrogen) atoms. The molecule has 0 bridgehead atoms. The van der Waals surface area contributed by atoms with E-state index in [4.69, 9.17) is 9.26 Å². The van der Waals surface area contributed by atoms with Gasteiger partial charge in [-0.3, -0.25) is 9.59 Å². The quantitative estimate of drug-likeness (QED) is 0.434. The lowest BCUT2D eigenvalue weighted by atomic mass is 10.2. The molecule has 0 fully saturated rings. The highest BCUT2D eigenvalue weighted by Gasteiger charge is 2.13. The largest absolute Gasteiger partial charge is 0.486 e. The maximum atomic E-state index is 12.2. The van der Waals surface area contributed by atoms with Crippen LogP contribution in [0.1, 0.15) is 32.2 Å². The summed E-state index contributed by atoms with van der Waals surface area (Å²) in [4.78, 5) is 24.4. The van der Waals surface area contributed by atoms with E-state index in [9.17, 15) is 9.59 Å².